The van der Waals surface area contributed by atoms with Crippen LogP contribution < -0.4 is 0 Å². The van der Waals surface area contributed by atoms with Crippen LogP contribution in [-0.4, -0.2) is 53.3 Å². The van der Waals surface area contributed by atoms with Crippen LogP contribution in [0.2, 0.25) is 0 Å². The molecule has 0 radical (unpaired) electrons. The molecule has 2 aromatic rings. The molecule has 4 rings (SSSR count). The zero-order valence-corrected chi connectivity index (χ0v) is 15.1. The number of fused-ring (bicyclic) bond motifs is 1. The first-order chi connectivity index (χ1) is 12.7. The highest BCUT2D eigenvalue weighted by atomic mass is 16.5. The molecule has 4 heterocycles. The van der Waals surface area contributed by atoms with Gasteiger partial charge in [0.1, 0.15) is 5.76 Å². The number of nitrogens with zero attached hydrogens (tertiary/aromatic N) is 3. The first-order valence-corrected chi connectivity index (χ1v) is 9.22. The van der Waals surface area contributed by atoms with Crippen LogP contribution in [0.15, 0.2) is 29.3 Å². The van der Waals surface area contributed by atoms with E-state index in [4.69, 9.17) is 13.9 Å². The molecular weight excluding hydrogens is 334 g/mol. The maximum Gasteiger partial charge on any atom is 0.257 e. The van der Waals surface area contributed by atoms with Gasteiger partial charge in [-0.15, -0.1) is 0 Å². The summed E-state index contributed by atoms with van der Waals surface area (Å²) in [5.41, 5.74) is 1.66. The molecule has 0 aliphatic carbocycles. The van der Waals surface area contributed by atoms with Gasteiger partial charge in [0.05, 0.1) is 43.0 Å². The Bertz CT molecular complexity index is 748. The Hall–Kier alpha value is -2.12. The van der Waals surface area contributed by atoms with E-state index < -0.39 is 0 Å². The van der Waals surface area contributed by atoms with Crippen LogP contribution in [0.3, 0.4) is 0 Å². The van der Waals surface area contributed by atoms with Crippen molar-refractivity contribution < 1.29 is 18.7 Å². The number of hydrogen-bond donors (Lipinski definition) is 0. The molecule has 2 aliphatic rings. The number of carbonyl (C=O) groups excluding carboxylic acids is 1. The van der Waals surface area contributed by atoms with Gasteiger partial charge < -0.3 is 23.4 Å². The number of carbonyl (C=O) groups is 1. The average Bonchev–Trinajstić information content (AvgIpc) is 3.30. The van der Waals surface area contributed by atoms with Gasteiger partial charge >= 0.3 is 0 Å². The van der Waals surface area contributed by atoms with Crippen molar-refractivity contribution in [2.45, 2.75) is 32.4 Å². The monoisotopic (exact) mass is 359 g/mol. The van der Waals surface area contributed by atoms with Crippen LogP contribution >= 0.6 is 0 Å². The summed E-state index contributed by atoms with van der Waals surface area (Å²) in [7, 11) is 0. The molecule has 0 spiro atoms. The SMILES string of the molecule is Cc1occc1C(=O)N1Cc2cncn2C(COCC2CCOCC2)C1. The second-order valence-corrected chi connectivity index (χ2v) is 7.12. The van der Waals surface area contributed by atoms with Gasteiger partial charge in [0, 0.05) is 32.6 Å². The van der Waals surface area contributed by atoms with Crippen molar-refractivity contribution in [2.75, 3.05) is 33.0 Å². The molecule has 7 nitrogen and oxygen atoms in total. The summed E-state index contributed by atoms with van der Waals surface area (Å²) in [6, 6.07) is 1.82. The van der Waals surface area contributed by atoms with Crippen molar-refractivity contribution >= 4 is 5.91 Å². The van der Waals surface area contributed by atoms with Crippen molar-refractivity contribution in [3.63, 3.8) is 0 Å². The Morgan fingerprint density at radius 3 is 2.96 bits per heavy atom. The maximum atomic E-state index is 12.9. The predicted molar refractivity (Wildman–Crippen MR) is 93.8 cm³/mol. The summed E-state index contributed by atoms with van der Waals surface area (Å²) >= 11 is 0. The summed E-state index contributed by atoms with van der Waals surface area (Å²) in [4.78, 5) is 19.0. The quantitative estimate of drug-likeness (QED) is 0.820. The Balaban J connectivity index is 1.41. The Kier molecular flexibility index (Phi) is 5.08. The molecule has 2 aliphatic heterocycles. The van der Waals surface area contributed by atoms with E-state index in [0.29, 0.717) is 36.9 Å². The van der Waals surface area contributed by atoms with Gasteiger partial charge in [0.25, 0.3) is 5.91 Å². The normalized spacial score (nSPS) is 21.0. The molecule has 1 amide bonds. The van der Waals surface area contributed by atoms with Crippen molar-refractivity contribution in [2.24, 2.45) is 5.92 Å². The molecule has 0 N–H and O–H groups in total. The lowest BCUT2D eigenvalue weighted by Gasteiger charge is -2.34. The molecule has 0 bridgehead atoms. The average molecular weight is 359 g/mol. The first-order valence-electron chi connectivity index (χ1n) is 9.22. The third-order valence-corrected chi connectivity index (χ3v) is 5.30. The molecule has 1 unspecified atom stereocenters. The fourth-order valence-electron chi connectivity index (χ4n) is 3.73. The van der Waals surface area contributed by atoms with Gasteiger partial charge in [0.15, 0.2) is 0 Å². The first kappa shape index (κ1) is 17.3. The molecule has 0 aromatic carbocycles. The number of imidazole rings is 1. The number of hydrogen-bond acceptors (Lipinski definition) is 5. The van der Waals surface area contributed by atoms with Gasteiger partial charge in [-0.2, -0.15) is 0 Å². The second kappa shape index (κ2) is 7.63. The van der Waals surface area contributed by atoms with Gasteiger partial charge in [-0.3, -0.25) is 4.79 Å². The van der Waals surface area contributed by atoms with Gasteiger partial charge in [0.2, 0.25) is 0 Å². The molecular formula is C19H25N3O4. The zero-order valence-electron chi connectivity index (χ0n) is 15.1. The highest BCUT2D eigenvalue weighted by Crippen LogP contribution is 2.24. The predicted octanol–water partition coefficient (Wildman–Crippen LogP) is 2.42. The van der Waals surface area contributed by atoms with Crippen molar-refractivity contribution in [3.8, 4) is 0 Å². The summed E-state index contributed by atoms with van der Waals surface area (Å²) in [5, 5.41) is 0. The minimum atomic E-state index is -0.00173. The van der Waals surface area contributed by atoms with E-state index in [-0.39, 0.29) is 11.9 Å². The minimum Gasteiger partial charge on any atom is -0.469 e. The number of rotatable bonds is 5. The van der Waals surface area contributed by atoms with Crippen LogP contribution in [0.25, 0.3) is 0 Å². The van der Waals surface area contributed by atoms with E-state index in [1.807, 2.05) is 24.3 Å². The third kappa shape index (κ3) is 3.54. The van der Waals surface area contributed by atoms with Crippen LogP contribution in [0.1, 0.15) is 40.7 Å². The molecule has 140 valence electrons. The molecule has 1 atom stereocenters. The van der Waals surface area contributed by atoms with Crippen molar-refractivity contribution in [1.29, 1.82) is 0 Å². The zero-order chi connectivity index (χ0) is 17.9. The Morgan fingerprint density at radius 1 is 1.35 bits per heavy atom. The van der Waals surface area contributed by atoms with E-state index in [0.717, 1.165) is 38.4 Å². The Labute approximate surface area is 152 Å². The van der Waals surface area contributed by atoms with E-state index in [2.05, 4.69) is 9.55 Å². The van der Waals surface area contributed by atoms with Crippen LogP contribution in [0.5, 0.6) is 0 Å². The smallest absolute Gasteiger partial charge is 0.257 e. The Morgan fingerprint density at radius 2 is 2.19 bits per heavy atom. The molecule has 26 heavy (non-hydrogen) atoms. The van der Waals surface area contributed by atoms with E-state index in [9.17, 15) is 4.79 Å². The third-order valence-electron chi connectivity index (χ3n) is 5.30. The fourth-order valence-corrected chi connectivity index (χ4v) is 3.73. The van der Waals surface area contributed by atoms with Crippen LogP contribution in [0.4, 0.5) is 0 Å². The summed E-state index contributed by atoms with van der Waals surface area (Å²) in [5.74, 6) is 1.22. The van der Waals surface area contributed by atoms with Gasteiger partial charge in [-0.25, -0.2) is 4.98 Å². The maximum absolute atomic E-state index is 12.9. The summed E-state index contributed by atoms with van der Waals surface area (Å²) in [6.45, 7) is 5.97. The topological polar surface area (TPSA) is 69.7 Å². The number of aromatic nitrogens is 2. The second-order valence-electron chi connectivity index (χ2n) is 7.12. The lowest BCUT2D eigenvalue weighted by Crippen LogP contribution is -2.42. The highest BCUT2D eigenvalue weighted by Gasteiger charge is 2.30. The number of amides is 1. The number of ether oxygens (including phenoxy) is 2. The largest absolute Gasteiger partial charge is 0.469 e. The fraction of sp³-hybridized carbons (Fsp3) is 0.579. The standard InChI is InChI=1S/C19H25N3O4/c1-14-18(4-7-26-14)19(23)21-9-16-8-20-13-22(16)17(10-21)12-25-11-15-2-5-24-6-3-15/h4,7-8,13,15,17H,2-3,5-6,9-12H2,1H3. The van der Waals surface area contributed by atoms with Gasteiger partial charge in [-0.1, -0.05) is 0 Å². The molecule has 7 heteroatoms. The number of furan rings is 1. The van der Waals surface area contributed by atoms with E-state index >= 15 is 0 Å². The van der Waals surface area contributed by atoms with E-state index in [1.54, 1.807) is 12.3 Å². The van der Waals surface area contributed by atoms with Crippen molar-refractivity contribution in [1.82, 2.24) is 14.5 Å². The molecule has 2 aromatic heterocycles. The van der Waals surface area contributed by atoms with Crippen molar-refractivity contribution in [3.05, 3.63) is 41.9 Å². The lowest BCUT2D eigenvalue weighted by molar-refractivity contribution is 0.00599. The molecule has 0 saturated carbocycles. The highest BCUT2D eigenvalue weighted by molar-refractivity contribution is 5.95. The molecule has 1 saturated heterocycles. The minimum absolute atomic E-state index is 0.00173. The van der Waals surface area contributed by atoms with Crippen LogP contribution in [0, 0.1) is 12.8 Å². The molecule has 1 fully saturated rings. The van der Waals surface area contributed by atoms with Gasteiger partial charge in [-0.05, 0) is 31.7 Å². The van der Waals surface area contributed by atoms with Crippen LogP contribution in [-0.2, 0) is 16.0 Å². The lowest BCUT2D eigenvalue weighted by atomic mass is 10.0. The summed E-state index contributed by atoms with van der Waals surface area (Å²) < 4.78 is 18.8. The van der Waals surface area contributed by atoms with E-state index in [1.165, 1.54) is 0 Å². The summed E-state index contributed by atoms with van der Waals surface area (Å²) in [6.07, 6.45) is 7.35. The number of aryl methyl sites for hydroxylation is 1.